The average Bonchev–Trinajstić information content (AvgIpc) is 4.00. The van der Waals surface area contributed by atoms with Crippen molar-refractivity contribution in [3.05, 3.63) is 165 Å². The lowest BCUT2D eigenvalue weighted by Crippen LogP contribution is -2.13. The second kappa shape index (κ2) is 14.4. The Morgan fingerprint density at radius 1 is 0.578 bits per heavy atom. The third-order valence-electron chi connectivity index (χ3n) is 11.9. The molecule has 3 aliphatic carbocycles. The van der Waals surface area contributed by atoms with E-state index in [4.69, 9.17) is 0 Å². The molecule has 7 aromatic carbocycles. The Morgan fingerprint density at radius 2 is 1.11 bits per heavy atom. The SMILES string of the molecule is Cc1ccc2sc(NC(=O)c3cc4c(c(N=Nc5ccc6c(c5)C(=O)c5cc(N=Nc7c(O)c(C(C)C)cc8c7-c7ccccc7C8=O)ccc5-6)c3O)-c3ccccc3C4=O)nc2c1. The van der Waals surface area contributed by atoms with Gasteiger partial charge in [-0.3, -0.25) is 24.5 Å². The number of aromatic nitrogens is 1. The molecule has 13 heteroatoms. The molecule has 1 aromatic heterocycles. The summed E-state index contributed by atoms with van der Waals surface area (Å²) < 4.78 is 0.875. The molecule has 64 heavy (non-hydrogen) atoms. The zero-order chi connectivity index (χ0) is 44.1. The van der Waals surface area contributed by atoms with Crippen LogP contribution in [0.1, 0.15) is 89.0 Å². The van der Waals surface area contributed by atoms with Crippen LogP contribution in [0.5, 0.6) is 11.5 Å². The molecule has 3 aliphatic rings. The van der Waals surface area contributed by atoms with E-state index in [1.807, 2.05) is 51.1 Å². The van der Waals surface area contributed by atoms with E-state index in [0.29, 0.717) is 77.6 Å². The van der Waals surface area contributed by atoms with Crippen LogP contribution in [0.15, 0.2) is 136 Å². The van der Waals surface area contributed by atoms with Crippen LogP contribution in [-0.2, 0) is 0 Å². The van der Waals surface area contributed by atoms with Crippen LogP contribution in [0.2, 0.25) is 0 Å². The standard InChI is InChI=1S/C51H32N6O6S/c1-23(2)33-21-36-41(29-8-4-6-10-31(29)45(36)58)43(48(33)61)56-54-25-13-15-27-28-16-14-26(20-35(28)47(60)34(27)19-25)55-57-44-42-30-9-5-7-11-32(30)46(59)37(42)22-38(49(44)62)50(63)53-51-52-39-18-24(3)12-17-40(39)64-51/h4-23,61-62H,1-3H3,(H,52,53,63). The molecule has 0 radical (unpaired) electrons. The molecule has 8 aromatic rings. The Bertz CT molecular complexity index is 3530. The molecule has 3 N–H and O–H groups in total. The van der Waals surface area contributed by atoms with E-state index in [0.717, 1.165) is 15.8 Å². The van der Waals surface area contributed by atoms with Crippen molar-refractivity contribution in [2.45, 2.75) is 26.7 Å². The van der Waals surface area contributed by atoms with E-state index < -0.39 is 11.7 Å². The van der Waals surface area contributed by atoms with Crippen molar-refractivity contribution in [3.63, 3.8) is 0 Å². The smallest absolute Gasteiger partial charge is 0.261 e. The predicted molar refractivity (Wildman–Crippen MR) is 244 cm³/mol. The number of azo groups is 2. The summed E-state index contributed by atoms with van der Waals surface area (Å²) in [5.74, 6) is -2.05. The highest BCUT2D eigenvalue weighted by Gasteiger charge is 2.35. The van der Waals surface area contributed by atoms with Gasteiger partial charge in [0.15, 0.2) is 28.2 Å². The Balaban J connectivity index is 0.920. The minimum Gasteiger partial charge on any atom is -0.505 e. The number of aromatic hydroxyl groups is 2. The highest BCUT2D eigenvalue weighted by atomic mass is 32.1. The maximum atomic E-state index is 14.0. The van der Waals surface area contributed by atoms with Crippen molar-refractivity contribution in [2.75, 3.05) is 5.32 Å². The lowest BCUT2D eigenvalue weighted by Gasteiger charge is -2.14. The van der Waals surface area contributed by atoms with Gasteiger partial charge in [-0.05, 0) is 94.8 Å². The summed E-state index contributed by atoms with van der Waals surface area (Å²) in [4.78, 5) is 59.4. The number of benzene rings is 7. The molecule has 0 bridgehead atoms. The number of thiazole rings is 1. The first-order valence-electron chi connectivity index (χ1n) is 20.4. The van der Waals surface area contributed by atoms with E-state index in [-0.39, 0.29) is 57.2 Å². The number of fused-ring (bicyclic) bond motifs is 10. The van der Waals surface area contributed by atoms with E-state index in [9.17, 15) is 29.4 Å². The van der Waals surface area contributed by atoms with E-state index in [1.165, 1.54) is 17.4 Å². The van der Waals surface area contributed by atoms with Gasteiger partial charge in [0.25, 0.3) is 5.91 Å². The topological polar surface area (TPSA) is 183 Å². The van der Waals surface area contributed by atoms with Crippen molar-refractivity contribution in [1.29, 1.82) is 0 Å². The van der Waals surface area contributed by atoms with Crippen LogP contribution in [0.3, 0.4) is 0 Å². The number of phenols is 2. The average molecular weight is 857 g/mol. The van der Waals surface area contributed by atoms with Crippen molar-refractivity contribution >= 4 is 72.7 Å². The van der Waals surface area contributed by atoms with Crippen LogP contribution in [0.4, 0.5) is 27.9 Å². The van der Waals surface area contributed by atoms with Gasteiger partial charge in [-0.1, -0.05) is 91.9 Å². The summed E-state index contributed by atoms with van der Waals surface area (Å²) in [6.07, 6.45) is 0. The summed E-state index contributed by atoms with van der Waals surface area (Å²) in [5.41, 5.74) is 8.64. The molecule has 0 atom stereocenters. The second-order valence-electron chi connectivity index (χ2n) is 16.2. The lowest BCUT2D eigenvalue weighted by molar-refractivity contribution is 0.102. The first-order valence-corrected chi connectivity index (χ1v) is 21.2. The molecule has 1 heterocycles. The molecular formula is C51H32N6O6S. The van der Waals surface area contributed by atoms with Gasteiger partial charge in [-0.25, -0.2) is 4.98 Å². The van der Waals surface area contributed by atoms with Gasteiger partial charge in [0.2, 0.25) is 0 Å². The molecular weight excluding hydrogens is 825 g/mol. The Labute approximate surface area is 368 Å². The number of nitrogens with one attached hydrogen (secondary N) is 1. The van der Waals surface area contributed by atoms with Gasteiger partial charge >= 0.3 is 0 Å². The van der Waals surface area contributed by atoms with Gasteiger partial charge in [0.05, 0.1) is 27.2 Å². The number of hydrogen-bond acceptors (Lipinski definition) is 12. The number of anilines is 1. The quantitative estimate of drug-likeness (QED) is 0.133. The molecule has 0 saturated heterocycles. The predicted octanol–water partition coefficient (Wildman–Crippen LogP) is 12.9. The van der Waals surface area contributed by atoms with Crippen LogP contribution >= 0.6 is 11.3 Å². The molecule has 0 aliphatic heterocycles. The fraction of sp³-hybridized carbons (Fsp3) is 0.0784. The number of rotatable bonds is 7. The molecule has 12 nitrogen and oxygen atoms in total. The summed E-state index contributed by atoms with van der Waals surface area (Å²) >= 11 is 1.28. The fourth-order valence-corrected chi connectivity index (χ4v) is 9.63. The number of ketones is 3. The Hall–Kier alpha value is -8.29. The molecule has 0 spiro atoms. The van der Waals surface area contributed by atoms with Gasteiger partial charge in [-0.2, -0.15) is 10.2 Å². The number of nitrogens with zero attached hydrogens (tertiary/aromatic N) is 5. The molecule has 308 valence electrons. The summed E-state index contributed by atoms with van der Waals surface area (Å²) in [7, 11) is 0. The normalized spacial score (nSPS) is 13.2. The van der Waals surface area contributed by atoms with E-state index in [1.54, 1.807) is 78.9 Å². The maximum absolute atomic E-state index is 14.0. The van der Waals surface area contributed by atoms with Gasteiger partial charge in [0.1, 0.15) is 17.1 Å². The number of carbonyl (C=O) groups excluding carboxylic acids is 4. The van der Waals surface area contributed by atoms with Gasteiger partial charge in [0, 0.05) is 44.5 Å². The molecule has 11 rings (SSSR count). The molecule has 0 saturated carbocycles. The fourth-order valence-electron chi connectivity index (χ4n) is 8.79. The van der Waals surface area contributed by atoms with Crippen LogP contribution in [0.25, 0.3) is 43.6 Å². The van der Waals surface area contributed by atoms with E-state index >= 15 is 0 Å². The monoisotopic (exact) mass is 856 g/mol. The first-order chi connectivity index (χ1) is 30.9. The number of carbonyl (C=O) groups is 4. The highest BCUT2D eigenvalue weighted by molar-refractivity contribution is 7.22. The number of phenolic OH excluding ortho intramolecular Hbond substituents is 2. The van der Waals surface area contributed by atoms with Crippen molar-refractivity contribution in [2.24, 2.45) is 20.5 Å². The van der Waals surface area contributed by atoms with Crippen molar-refractivity contribution in [3.8, 4) is 44.9 Å². The minimum absolute atomic E-state index is 0.0584. The van der Waals surface area contributed by atoms with Gasteiger partial charge in [-0.15, -0.1) is 10.2 Å². The van der Waals surface area contributed by atoms with E-state index in [2.05, 4.69) is 30.8 Å². The van der Waals surface area contributed by atoms with Crippen molar-refractivity contribution < 1.29 is 29.4 Å². The second-order valence-corrected chi connectivity index (χ2v) is 17.2. The summed E-state index contributed by atoms with van der Waals surface area (Å²) in [6, 6.07) is 33.2. The first kappa shape index (κ1) is 38.6. The largest absolute Gasteiger partial charge is 0.505 e. The maximum Gasteiger partial charge on any atom is 0.261 e. The van der Waals surface area contributed by atoms with Gasteiger partial charge < -0.3 is 10.2 Å². The third kappa shape index (κ3) is 5.92. The summed E-state index contributed by atoms with van der Waals surface area (Å²) in [5, 5.41) is 44.1. The number of hydrogen-bond donors (Lipinski definition) is 3. The molecule has 0 unspecified atom stereocenters. The number of amides is 1. The number of aryl methyl sites for hydroxylation is 1. The van der Waals surface area contributed by atoms with Crippen LogP contribution in [-0.4, -0.2) is 38.5 Å². The van der Waals surface area contributed by atoms with Crippen molar-refractivity contribution in [1.82, 2.24) is 4.98 Å². The van der Waals surface area contributed by atoms with Crippen LogP contribution < -0.4 is 5.32 Å². The third-order valence-corrected chi connectivity index (χ3v) is 12.8. The molecule has 1 amide bonds. The zero-order valence-corrected chi connectivity index (χ0v) is 35.0. The highest BCUT2D eigenvalue weighted by Crippen LogP contribution is 2.52. The van der Waals surface area contributed by atoms with Crippen LogP contribution in [0, 0.1) is 6.92 Å². The minimum atomic E-state index is -0.679. The lowest BCUT2D eigenvalue weighted by atomic mass is 9.94. The Morgan fingerprint density at radius 3 is 1.69 bits per heavy atom. The summed E-state index contributed by atoms with van der Waals surface area (Å²) in [6.45, 7) is 5.80. The zero-order valence-electron chi connectivity index (χ0n) is 34.2. The Kier molecular flexibility index (Phi) is 8.69. The molecule has 0 fully saturated rings.